The van der Waals surface area contributed by atoms with Gasteiger partial charge in [-0.05, 0) is 31.4 Å². The van der Waals surface area contributed by atoms with E-state index in [0.717, 1.165) is 10.4 Å². The first-order valence-electron chi connectivity index (χ1n) is 8.95. The molecule has 1 aromatic carbocycles. The van der Waals surface area contributed by atoms with E-state index >= 15 is 0 Å². The lowest BCUT2D eigenvalue weighted by Gasteiger charge is -2.09. The van der Waals surface area contributed by atoms with Gasteiger partial charge in [-0.3, -0.25) is 4.79 Å². The summed E-state index contributed by atoms with van der Waals surface area (Å²) in [4.78, 5) is 26.0. The lowest BCUT2D eigenvalue weighted by molar-refractivity contribution is -0.113. The molecule has 1 saturated carbocycles. The Bertz CT molecular complexity index is 752. The fraction of sp³-hybridized carbons (Fsp3) is 0.400. The van der Waals surface area contributed by atoms with Crippen molar-refractivity contribution < 1.29 is 14.3 Å². The zero-order valence-corrected chi connectivity index (χ0v) is 16.5. The maximum Gasteiger partial charge on any atom is 0.350 e. The van der Waals surface area contributed by atoms with E-state index in [0.29, 0.717) is 28.2 Å². The van der Waals surface area contributed by atoms with Gasteiger partial charge < -0.3 is 10.1 Å². The number of carbonyl (C=O) groups is 2. The van der Waals surface area contributed by atoms with E-state index in [-0.39, 0.29) is 5.91 Å². The third kappa shape index (κ3) is 4.89. The van der Waals surface area contributed by atoms with Crippen LogP contribution in [0, 0.1) is 0 Å². The van der Waals surface area contributed by atoms with E-state index in [1.54, 1.807) is 18.7 Å². The summed E-state index contributed by atoms with van der Waals surface area (Å²) in [6, 6.07) is 11.7. The third-order valence-corrected chi connectivity index (χ3v) is 6.81. The van der Waals surface area contributed by atoms with Gasteiger partial charge in [0.15, 0.2) is 0 Å². The van der Waals surface area contributed by atoms with Gasteiger partial charge in [0.25, 0.3) is 0 Å². The minimum absolute atomic E-state index is 0.0649. The Morgan fingerprint density at radius 1 is 1.23 bits per heavy atom. The number of thiophene rings is 1. The summed E-state index contributed by atoms with van der Waals surface area (Å²) < 4.78 is 5.16. The van der Waals surface area contributed by atoms with Gasteiger partial charge in [-0.2, -0.15) is 0 Å². The first kappa shape index (κ1) is 19.0. The maximum atomic E-state index is 12.4. The number of hydrogen-bond acceptors (Lipinski definition) is 5. The van der Waals surface area contributed by atoms with Crippen LogP contribution in [0.25, 0.3) is 10.4 Å². The van der Waals surface area contributed by atoms with Crippen molar-refractivity contribution in [3.63, 3.8) is 0 Å². The Labute approximate surface area is 162 Å². The fourth-order valence-electron chi connectivity index (χ4n) is 3.01. The second-order valence-corrected chi connectivity index (χ2v) is 8.55. The van der Waals surface area contributed by atoms with Crippen molar-refractivity contribution >= 4 is 40.7 Å². The highest BCUT2D eigenvalue weighted by molar-refractivity contribution is 8.00. The highest BCUT2D eigenvalue weighted by atomic mass is 32.2. The normalized spacial score (nSPS) is 14.3. The molecule has 0 bridgehead atoms. The van der Waals surface area contributed by atoms with Gasteiger partial charge in [-0.1, -0.05) is 43.2 Å². The second-order valence-electron chi connectivity index (χ2n) is 6.21. The van der Waals surface area contributed by atoms with Gasteiger partial charge >= 0.3 is 5.97 Å². The molecule has 0 spiro atoms. The minimum Gasteiger partial charge on any atom is -0.462 e. The van der Waals surface area contributed by atoms with Crippen molar-refractivity contribution in [2.75, 3.05) is 17.7 Å². The molecule has 6 heteroatoms. The van der Waals surface area contributed by atoms with Gasteiger partial charge in [-0.15, -0.1) is 23.1 Å². The van der Waals surface area contributed by atoms with Crippen LogP contribution in [0.3, 0.4) is 0 Å². The molecule has 0 radical (unpaired) electrons. The third-order valence-electron chi connectivity index (χ3n) is 4.28. The summed E-state index contributed by atoms with van der Waals surface area (Å²) in [7, 11) is 0. The van der Waals surface area contributed by atoms with Gasteiger partial charge in [0.05, 0.1) is 18.0 Å². The molecule has 0 atom stereocenters. The molecule has 4 nitrogen and oxygen atoms in total. The van der Waals surface area contributed by atoms with E-state index in [9.17, 15) is 9.59 Å². The molecule has 1 fully saturated rings. The quantitative estimate of drug-likeness (QED) is 0.661. The smallest absolute Gasteiger partial charge is 0.350 e. The number of ether oxygens (including phenoxy) is 1. The number of amides is 1. The number of rotatable bonds is 7. The predicted molar refractivity (Wildman–Crippen MR) is 109 cm³/mol. The van der Waals surface area contributed by atoms with Gasteiger partial charge in [0.2, 0.25) is 5.91 Å². The molecule has 1 N–H and O–H groups in total. The molecule has 138 valence electrons. The van der Waals surface area contributed by atoms with Crippen molar-refractivity contribution in [2.24, 2.45) is 0 Å². The molecule has 1 aromatic heterocycles. The number of hydrogen-bond donors (Lipinski definition) is 1. The van der Waals surface area contributed by atoms with Crippen LogP contribution in [0.2, 0.25) is 0 Å². The monoisotopic (exact) mass is 389 g/mol. The average Bonchev–Trinajstić information content (AvgIpc) is 3.31. The Balaban J connectivity index is 1.74. The standard InChI is InChI=1S/C20H23NO3S2/c1-2-24-20(23)19-16(12-17(26-19)14-8-4-3-5-9-14)21-18(22)13-25-15-10-6-7-11-15/h3-5,8-9,12,15H,2,6-7,10-11,13H2,1H3,(H,21,22). The molecular formula is C20H23NO3S2. The lowest BCUT2D eigenvalue weighted by atomic mass is 10.2. The van der Waals surface area contributed by atoms with Crippen molar-refractivity contribution in [1.29, 1.82) is 0 Å². The molecule has 3 rings (SSSR count). The summed E-state index contributed by atoms with van der Waals surface area (Å²) >= 11 is 3.06. The van der Waals surface area contributed by atoms with Crippen molar-refractivity contribution in [3.05, 3.63) is 41.3 Å². The molecule has 1 aliphatic carbocycles. The van der Waals surface area contributed by atoms with Crippen LogP contribution in [0.4, 0.5) is 5.69 Å². The summed E-state index contributed by atoms with van der Waals surface area (Å²) in [5, 5.41) is 3.50. The Hall–Kier alpha value is -1.79. The van der Waals surface area contributed by atoms with E-state index in [1.807, 2.05) is 36.4 Å². The molecule has 2 aromatic rings. The van der Waals surface area contributed by atoms with Crippen molar-refractivity contribution in [2.45, 2.75) is 37.9 Å². The molecule has 26 heavy (non-hydrogen) atoms. The minimum atomic E-state index is -0.390. The largest absolute Gasteiger partial charge is 0.462 e. The van der Waals surface area contributed by atoms with E-state index in [2.05, 4.69) is 5.32 Å². The van der Waals surface area contributed by atoms with E-state index in [1.165, 1.54) is 37.0 Å². The van der Waals surface area contributed by atoms with Crippen LogP contribution in [-0.2, 0) is 9.53 Å². The van der Waals surface area contributed by atoms with Crippen LogP contribution >= 0.6 is 23.1 Å². The van der Waals surface area contributed by atoms with Crippen molar-refractivity contribution in [1.82, 2.24) is 0 Å². The SMILES string of the molecule is CCOC(=O)c1sc(-c2ccccc2)cc1NC(=O)CSC1CCCC1. The Morgan fingerprint density at radius 2 is 1.96 bits per heavy atom. The molecule has 1 amide bonds. The van der Waals surface area contributed by atoms with Crippen molar-refractivity contribution in [3.8, 4) is 10.4 Å². The van der Waals surface area contributed by atoms with Crippen LogP contribution in [0.1, 0.15) is 42.3 Å². The predicted octanol–water partition coefficient (Wildman–Crippen LogP) is 5.21. The number of esters is 1. The first-order valence-corrected chi connectivity index (χ1v) is 10.8. The number of nitrogens with one attached hydrogen (secondary N) is 1. The van der Waals surface area contributed by atoms with E-state index < -0.39 is 5.97 Å². The highest BCUT2D eigenvalue weighted by Gasteiger charge is 2.21. The molecule has 1 aliphatic rings. The number of thioether (sulfide) groups is 1. The lowest BCUT2D eigenvalue weighted by Crippen LogP contribution is -2.17. The molecule has 0 saturated heterocycles. The van der Waals surface area contributed by atoms with Crippen LogP contribution < -0.4 is 5.32 Å². The van der Waals surface area contributed by atoms with Gasteiger partial charge in [0, 0.05) is 10.1 Å². The summed E-state index contributed by atoms with van der Waals surface area (Å²) in [5.74, 6) is -0.0352. The molecule has 0 aliphatic heterocycles. The highest BCUT2D eigenvalue weighted by Crippen LogP contribution is 2.36. The maximum absolute atomic E-state index is 12.4. The zero-order chi connectivity index (χ0) is 18.4. The molecular weight excluding hydrogens is 366 g/mol. The number of carbonyl (C=O) groups excluding carboxylic acids is 2. The topological polar surface area (TPSA) is 55.4 Å². The van der Waals surface area contributed by atoms with E-state index in [4.69, 9.17) is 4.74 Å². The Kier molecular flexibility index (Phi) is 6.74. The van der Waals surface area contributed by atoms with Crippen LogP contribution in [0.5, 0.6) is 0 Å². The molecule has 1 heterocycles. The average molecular weight is 390 g/mol. The first-order chi connectivity index (χ1) is 12.7. The second kappa shape index (κ2) is 9.24. The van der Waals surface area contributed by atoms with Crippen LogP contribution in [0.15, 0.2) is 36.4 Å². The van der Waals surface area contributed by atoms with Gasteiger partial charge in [-0.25, -0.2) is 4.79 Å². The molecule has 0 unspecified atom stereocenters. The van der Waals surface area contributed by atoms with Gasteiger partial charge in [0.1, 0.15) is 4.88 Å². The summed E-state index contributed by atoms with van der Waals surface area (Å²) in [5.41, 5.74) is 1.56. The summed E-state index contributed by atoms with van der Waals surface area (Å²) in [6.07, 6.45) is 4.92. The Morgan fingerprint density at radius 3 is 2.65 bits per heavy atom. The van der Waals surface area contributed by atoms with Crippen LogP contribution in [-0.4, -0.2) is 29.5 Å². The number of benzene rings is 1. The summed E-state index contributed by atoms with van der Waals surface area (Å²) in [6.45, 7) is 2.09. The number of anilines is 1. The zero-order valence-electron chi connectivity index (χ0n) is 14.8. The fourth-order valence-corrected chi connectivity index (χ4v) is 5.15.